The van der Waals surface area contributed by atoms with E-state index in [1.54, 1.807) is 26.0 Å². The highest BCUT2D eigenvalue weighted by Crippen LogP contribution is 2.49. The third kappa shape index (κ3) is 2.58. The highest BCUT2D eigenvalue weighted by Gasteiger charge is 2.65. The molecule has 2 unspecified atom stereocenters. The van der Waals surface area contributed by atoms with Crippen LogP contribution in [0, 0.1) is 5.41 Å². The van der Waals surface area contributed by atoms with Gasteiger partial charge in [-0.05, 0) is 5.56 Å². The van der Waals surface area contributed by atoms with Crippen LogP contribution in [0.2, 0.25) is 0 Å². The van der Waals surface area contributed by atoms with Crippen molar-refractivity contribution in [2.75, 3.05) is 0 Å². The van der Waals surface area contributed by atoms with E-state index >= 15 is 0 Å². The van der Waals surface area contributed by atoms with E-state index in [9.17, 15) is 19.8 Å². The molecule has 0 spiro atoms. The first-order valence-corrected chi connectivity index (χ1v) is 6.70. The minimum Gasteiger partial charge on any atom is -0.479 e. The lowest BCUT2D eigenvalue weighted by atomic mass is 9.54. The number of hydrogen-bond donors (Lipinski definition) is 3. The van der Waals surface area contributed by atoms with Crippen molar-refractivity contribution in [2.24, 2.45) is 5.41 Å². The molecule has 3 N–H and O–H groups in total. The Kier molecular flexibility index (Phi) is 3.91. The van der Waals surface area contributed by atoms with Gasteiger partial charge in [0.25, 0.3) is 0 Å². The molecule has 6 heteroatoms. The van der Waals surface area contributed by atoms with Crippen molar-refractivity contribution in [2.45, 2.75) is 38.5 Å². The summed E-state index contributed by atoms with van der Waals surface area (Å²) in [6.07, 6.45) is -1.61. The summed E-state index contributed by atoms with van der Waals surface area (Å²) in [5.74, 6) is -1.17. The summed E-state index contributed by atoms with van der Waals surface area (Å²) < 4.78 is 5.04. The molecule has 2 atom stereocenters. The van der Waals surface area contributed by atoms with Gasteiger partial charge in [-0.25, -0.2) is 9.59 Å². The van der Waals surface area contributed by atoms with Crippen LogP contribution >= 0.6 is 0 Å². The summed E-state index contributed by atoms with van der Waals surface area (Å²) in [5, 5.41) is 21.5. The zero-order valence-corrected chi connectivity index (χ0v) is 12.0. The zero-order valence-electron chi connectivity index (χ0n) is 12.0. The van der Waals surface area contributed by atoms with Gasteiger partial charge >= 0.3 is 12.1 Å². The van der Waals surface area contributed by atoms with E-state index in [4.69, 9.17) is 4.74 Å². The molecule has 0 radical (unpaired) electrons. The van der Waals surface area contributed by atoms with Crippen molar-refractivity contribution in [3.8, 4) is 0 Å². The summed E-state index contributed by atoms with van der Waals surface area (Å²) >= 11 is 0. The third-order valence-corrected chi connectivity index (χ3v) is 4.33. The van der Waals surface area contributed by atoms with E-state index in [1.165, 1.54) is 0 Å². The van der Waals surface area contributed by atoms with E-state index < -0.39 is 29.1 Å². The second-order valence-electron chi connectivity index (χ2n) is 5.84. The van der Waals surface area contributed by atoms with Gasteiger partial charge in [0.15, 0.2) is 5.54 Å². The average Bonchev–Trinajstić information content (AvgIpc) is 2.45. The second kappa shape index (κ2) is 5.37. The van der Waals surface area contributed by atoms with Crippen molar-refractivity contribution in [1.29, 1.82) is 0 Å². The maximum absolute atomic E-state index is 11.8. The lowest BCUT2D eigenvalue weighted by Crippen LogP contribution is -2.75. The van der Waals surface area contributed by atoms with Crippen LogP contribution < -0.4 is 5.32 Å². The Morgan fingerprint density at radius 3 is 2.43 bits per heavy atom. The predicted molar refractivity (Wildman–Crippen MR) is 74.5 cm³/mol. The minimum atomic E-state index is -1.50. The van der Waals surface area contributed by atoms with E-state index in [1.807, 2.05) is 18.2 Å². The first-order chi connectivity index (χ1) is 9.79. The van der Waals surface area contributed by atoms with Crippen LogP contribution in [0.15, 0.2) is 30.3 Å². The number of hydrogen-bond acceptors (Lipinski definition) is 4. The molecule has 1 aromatic rings. The number of carbonyl (C=O) groups excluding carboxylic acids is 1. The molecule has 1 aliphatic rings. The van der Waals surface area contributed by atoms with Crippen LogP contribution in [0.1, 0.15) is 25.8 Å². The number of nitrogens with one attached hydrogen (secondary N) is 1. The summed E-state index contributed by atoms with van der Waals surface area (Å²) in [5.41, 5.74) is -1.64. The van der Waals surface area contributed by atoms with Gasteiger partial charge in [-0.1, -0.05) is 44.2 Å². The number of aliphatic carboxylic acids is 1. The third-order valence-electron chi connectivity index (χ3n) is 4.33. The topological polar surface area (TPSA) is 95.9 Å². The van der Waals surface area contributed by atoms with Gasteiger partial charge in [-0.3, -0.25) is 0 Å². The van der Waals surface area contributed by atoms with Crippen molar-refractivity contribution in [3.63, 3.8) is 0 Å². The lowest BCUT2D eigenvalue weighted by molar-refractivity contribution is -0.181. The number of carboxylic acids is 1. The van der Waals surface area contributed by atoms with Crippen LogP contribution in [-0.4, -0.2) is 33.9 Å². The molecule has 0 aromatic heterocycles. The molecule has 0 saturated heterocycles. The van der Waals surface area contributed by atoms with E-state index in [-0.39, 0.29) is 13.0 Å². The molecule has 21 heavy (non-hydrogen) atoms. The number of benzene rings is 1. The molecule has 1 aliphatic carbocycles. The molecule has 6 nitrogen and oxygen atoms in total. The fraction of sp³-hybridized carbons (Fsp3) is 0.467. The smallest absolute Gasteiger partial charge is 0.408 e. The number of aliphatic hydroxyl groups excluding tert-OH is 1. The molecule has 1 fully saturated rings. The Balaban J connectivity index is 1.99. The SMILES string of the molecule is CC1(C)C(O)CC1(NC(=O)OCc1ccccc1)C(=O)O. The van der Waals surface area contributed by atoms with Crippen molar-refractivity contribution in [3.05, 3.63) is 35.9 Å². The summed E-state index contributed by atoms with van der Waals surface area (Å²) in [4.78, 5) is 23.3. The highest BCUT2D eigenvalue weighted by atomic mass is 16.5. The summed E-state index contributed by atoms with van der Waals surface area (Å²) in [6.45, 7) is 3.27. The average molecular weight is 293 g/mol. The van der Waals surface area contributed by atoms with Crippen LogP contribution in [0.4, 0.5) is 4.79 Å². The van der Waals surface area contributed by atoms with Gasteiger partial charge in [-0.2, -0.15) is 0 Å². The Hall–Kier alpha value is -2.08. The normalized spacial score (nSPS) is 26.5. The van der Waals surface area contributed by atoms with E-state index in [0.717, 1.165) is 5.56 Å². The van der Waals surface area contributed by atoms with Gasteiger partial charge in [-0.15, -0.1) is 0 Å². The minimum absolute atomic E-state index is 0.0320. The molecule has 1 amide bonds. The monoisotopic (exact) mass is 293 g/mol. The summed E-state index contributed by atoms with van der Waals surface area (Å²) in [7, 11) is 0. The fourth-order valence-electron chi connectivity index (χ4n) is 2.52. The van der Waals surface area contributed by atoms with Crippen LogP contribution in [-0.2, 0) is 16.1 Å². The first kappa shape index (κ1) is 15.3. The molecule has 0 heterocycles. The number of carbonyl (C=O) groups is 2. The number of ether oxygens (including phenoxy) is 1. The quantitative estimate of drug-likeness (QED) is 0.782. The molecule has 2 rings (SSSR count). The highest BCUT2D eigenvalue weighted by molar-refractivity contribution is 5.87. The maximum atomic E-state index is 11.8. The Labute approximate surface area is 122 Å². The van der Waals surface area contributed by atoms with Crippen molar-refractivity contribution in [1.82, 2.24) is 5.32 Å². The molecule has 1 aromatic carbocycles. The predicted octanol–water partition coefficient (Wildman–Crippen LogP) is 1.53. The van der Waals surface area contributed by atoms with Gasteiger partial charge in [0.2, 0.25) is 0 Å². The lowest BCUT2D eigenvalue weighted by Gasteiger charge is -2.56. The first-order valence-electron chi connectivity index (χ1n) is 6.70. The van der Waals surface area contributed by atoms with Gasteiger partial charge < -0.3 is 20.3 Å². The summed E-state index contributed by atoms with van der Waals surface area (Å²) in [6, 6.07) is 9.09. The van der Waals surface area contributed by atoms with Crippen molar-refractivity contribution < 1.29 is 24.5 Å². The molecule has 0 bridgehead atoms. The van der Waals surface area contributed by atoms with Gasteiger partial charge in [0, 0.05) is 11.8 Å². The molecule has 0 aliphatic heterocycles. The van der Waals surface area contributed by atoms with E-state index in [2.05, 4.69) is 5.32 Å². The Morgan fingerprint density at radius 1 is 1.33 bits per heavy atom. The molecule has 1 saturated carbocycles. The number of amides is 1. The molecular weight excluding hydrogens is 274 g/mol. The largest absolute Gasteiger partial charge is 0.479 e. The van der Waals surface area contributed by atoms with Gasteiger partial charge in [0.1, 0.15) is 6.61 Å². The van der Waals surface area contributed by atoms with Crippen LogP contribution in [0.3, 0.4) is 0 Å². The van der Waals surface area contributed by atoms with Crippen LogP contribution in [0.25, 0.3) is 0 Å². The van der Waals surface area contributed by atoms with Crippen LogP contribution in [0.5, 0.6) is 0 Å². The number of aliphatic hydroxyl groups is 1. The number of alkyl carbamates (subject to hydrolysis) is 1. The van der Waals surface area contributed by atoms with Gasteiger partial charge in [0.05, 0.1) is 6.10 Å². The zero-order chi connectivity index (χ0) is 15.7. The Bertz CT molecular complexity index is 542. The standard InChI is InChI=1S/C15H19NO5/c1-14(2)11(17)8-15(14,12(18)19)16-13(20)21-9-10-6-4-3-5-7-10/h3-7,11,17H,8-9H2,1-2H3,(H,16,20)(H,18,19). The number of carboxylic acid groups (broad SMARTS) is 1. The second-order valence-corrected chi connectivity index (χ2v) is 5.84. The van der Waals surface area contributed by atoms with E-state index in [0.29, 0.717) is 0 Å². The maximum Gasteiger partial charge on any atom is 0.408 e. The van der Waals surface area contributed by atoms with Crippen molar-refractivity contribution >= 4 is 12.1 Å². The molecule has 114 valence electrons. The Morgan fingerprint density at radius 2 is 1.95 bits per heavy atom. The molecular formula is C15H19NO5. The number of rotatable bonds is 4. The fourth-order valence-corrected chi connectivity index (χ4v) is 2.52.